The number of nitrogens with zero attached hydrogens (tertiary/aromatic N) is 5. The van der Waals surface area contributed by atoms with E-state index in [1.807, 2.05) is 40.8 Å². The van der Waals surface area contributed by atoms with E-state index in [9.17, 15) is 9.30 Å². The summed E-state index contributed by atoms with van der Waals surface area (Å²) in [6, 6.07) is 11.9. The minimum Gasteiger partial charge on any atom is -0.495 e. The van der Waals surface area contributed by atoms with Crippen molar-refractivity contribution < 1.29 is 14.0 Å². The second-order valence-electron chi connectivity index (χ2n) is 8.36. The molecule has 3 heterocycles. The first kappa shape index (κ1) is 21.8. The third-order valence-corrected chi connectivity index (χ3v) is 6.20. The number of piperidine rings is 1. The van der Waals surface area contributed by atoms with Crippen molar-refractivity contribution in [2.45, 2.75) is 25.5 Å². The normalized spacial score (nSPS) is 20.6. The number of aromatic nitrogens is 2. The quantitative estimate of drug-likeness (QED) is 0.494. The van der Waals surface area contributed by atoms with Crippen LogP contribution in [-0.4, -0.2) is 40.5 Å². The van der Waals surface area contributed by atoms with Crippen LogP contribution >= 0.6 is 0 Å². The van der Waals surface area contributed by atoms with Gasteiger partial charge in [0, 0.05) is 18.3 Å². The van der Waals surface area contributed by atoms with Gasteiger partial charge in [0.1, 0.15) is 18.1 Å². The smallest absolute Gasteiger partial charge is 0.260 e. The third kappa shape index (κ3) is 3.72. The summed E-state index contributed by atoms with van der Waals surface area (Å²) in [5, 5.41) is 7.48. The molecule has 0 aliphatic carbocycles. The molecule has 9 heteroatoms. The van der Waals surface area contributed by atoms with Crippen molar-refractivity contribution in [2.75, 3.05) is 20.2 Å². The Balaban J connectivity index is 1.48. The van der Waals surface area contributed by atoms with Crippen molar-refractivity contribution in [3.63, 3.8) is 0 Å². The van der Waals surface area contributed by atoms with Crippen LogP contribution in [0.25, 0.3) is 11.8 Å². The molecule has 0 radical (unpaired) electrons. The Morgan fingerprint density at radius 3 is 2.79 bits per heavy atom. The van der Waals surface area contributed by atoms with Gasteiger partial charge in [0.2, 0.25) is 0 Å². The molecular formula is C25H24FN5O3. The second kappa shape index (κ2) is 8.74. The lowest BCUT2D eigenvalue weighted by atomic mass is 9.94. The molecule has 5 rings (SSSR count). The van der Waals surface area contributed by atoms with Gasteiger partial charge in [0.15, 0.2) is 5.84 Å². The maximum atomic E-state index is 13.5. The van der Waals surface area contributed by atoms with Gasteiger partial charge in [-0.3, -0.25) is 0 Å². The van der Waals surface area contributed by atoms with Crippen molar-refractivity contribution in [3.8, 4) is 11.4 Å². The number of methoxy groups -OCH3 is 1. The van der Waals surface area contributed by atoms with Gasteiger partial charge in [-0.2, -0.15) is 4.91 Å². The predicted molar refractivity (Wildman–Crippen MR) is 126 cm³/mol. The van der Waals surface area contributed by atoms with Gasteiger partial charge >= 0.3 is 0 Å². The van der Waals surface area contributed by atoms with E-state index in [4.69, 9.17) is 9.57 Å². The minimum atomic E-state index is -1.18. The largest absolute Gasteiger partial charge is 0.495 e. The molecule has 0 N–H and O–H groups in total. The zero-order chi connectivity index (χ0) is 23.7. The Morgan fingerprint density at radius 1 is 1.26 bits per heavy atom. The molecule has 0 bridgehead atoms. The van der Waals surface area contributed by atoms with Crippen LogP contribution in [0.4, 0.5) is 4.39 Å². The SMILES string of the molecule is COc1cc(C=C2CCCN3C2=NO[C@]3(CN=O)c2ccc(F)cc2)ccc1-n1cnc(C)c1. The molecule has 2 aliphatic heterocycles. The van der Waals surface area contributed by atoms with Gasteiger partial charge in [0.05, 0.1) is 24.8 Å². The summed E-state index contributed by atoms with van der Waals surface area (Å²) >= 11 is 0. The average molecular weight is 461 g/mol. The molecule has 8 nitrogen and oxygen atoms in total. The Bertz CT molecular complexity index is 1280. The zero-order valence-electron chi connectivity index (χ0n) is 18.9. The molecule has 0 spiro atoms. The lowest BCUT2D eigenvalue weighted by molar-refractivity contribution is -0.0986. The lowest BCUT2D eigenvalue weighted by Gasteiger charge is -2.38. The molecule has 0 unspecified atom stereocenters. The number of halogens is 1. The number of imidazole rings is 1. The minimum absolute atomic E-state index is 0.161. The maximum absolute atomic E-state index is 13.5. The van der Waals surface area contributed by atoms with Crippen LogP contribution in [0.3, 0.4) is 0 Å². The number of hydrogen-bond donors (Lipinski definition) is 0. The molecule has 0 saturated carbocycles. The highest BCUT2D eigenvalue weighted by molar-refractivity contribution is 6.03. The van der Waals surface area contributed by atoms with Gasteiger partial charge in [-0.05, 0) is 73.4 Å². The van der Waals surface area contributed by atoms with Gasteiger partial charge in [0.25, 0.3) is 5.72 Å². The molecule has 1 aromatic heterocycles. The summed E-state index contributed by atoms with van der Waals surface area (Å²) < 4.78 is 21.1. The van der Waals surface area contributed by atoms with Crippen LogP contribution in [0.15, 0.2) is 70.9 Å². The Morgan fingerprint density at radius 2 is 2.09 bits per heavy atom. The van der Waals surface area contributed by atoms with Gasteiger partial charge in [-0.1, -0.05) is 16.4 Å². The van der Waals surface area contributed by atoms with Gasteiger partial charge < -0.3 is 19.0 Å². The van der Waals surface area contributed by atoms with Crippen molar-refractivity contribution in [1.29, 1.82) is 0 Å². The summed E-state index contributed by atoms with van der Waals surface area (Å²) in [5.74, 6) is 1.02. The van der Waals surface area contributed by atoms with Gasteiger partial charge in [-0.25, -0.2) is 9.37 Å². The Hall–Kier alpha value is -4.01. The van der Waals surface area contributed by atoms with E-state index in [0.717, 1.165) is 41.1 Å². The van der Waals surface area contributed by atoms with Crippen LogP contribution in [0.5, 0.6) is 5.75 Å². The highest BCUT2D eigenvalue weighted by Gasteiger charge is 2.50. The summed E-state index contributed by atoms with van der Waals surface area (Å²) in [5.41, 5.74) is 3.20. The highest BCUT2D eigenvalue weighted by Crippen LogP contribution is 2.41. The molecule has 34 heavy (non-hydrogen) atoms. The van der Waals surface area contributed by atoms with Crippen molar-refractivity contribution >= 4 is 11.9 Å². The summed E-state index contributed by atoms with van der Waals surface area (Å²) in [6.45, 7) is 2.42. The molecule has 0 amide bonds. The summed E-state index contributed by atoms with van der Waals surface area (Å²) in [6.07, 6.45) is 7.40. The number of benzene rings is 2. The fourth-order valence-electron chi connectivity index (χ4n) is 4.55. The molecule has 1 saturated heterocycles. The zero-order valence-corrected chi connectivity index (χ0v) is 18.9. The summed E-state index contributed by atoms with van der Waals surface area (Å²) in [4.78, 5) is 23.5. The fraction of sp³-hybridized carbons (Fsp3) is 0.280. The predicted octanol–water partition coefficient (Wildman–Crippen LogP) is 4.77. The van der Waals surface area contributed by atoms with E-state index in [1.54, 1.807) is 25.6 Å². The number of rotatable bonds is 6. The monoisotopic (exact) mass is 461 g/mol. The third-order valence-electron chi connectivity index (χ3n) is 6.20. The van der Waals surface area contributed by atoms with Crippen LogP contribution in [0.1, 0.15) is 29.7 Å². The number of fused-ring (bicyclic) bond motifs is 1. The van der Waals surface area contributed by atoms with E-state index in [-0.39, 0.29) is 12.4 Å². The number of oxime groups is 1. The first-order valence-corrected chi connectivity index (χ1v) is 11.0. The highest BCUT2D eigenvalue weighted by atomic mass is 19.1. The molecule has 1 atom stereocenters. The van der Waals surface area contributed by atoms with Crippen molar-refractivity contribution in [1.82, 2.24) is 14.5 Å². The van der Waals surface area contributed by atoms with E-state index in [0.29, 0.717) is 17.9 Å². The van der Waals surface area contributed by atoms with Crippen LogP contribution in [-0.2, 0) is 10.6 Å². The van der Waals surface area contributed by atoms with E-state index in [1.165, 1.54) is 12.1 Å². The molecule has 2 aliphatic rings. The maximum Gasteiger partial charge on any atom is 0.260 e. The van der Waals surface area contributed by atoms with Crippen molar-refractivity contribution in [2.24, 2.45) is 10.3 Å². The van der Waals surface area contributed by atoms with Crippen molar-refractivity contribution in [3.05, 3.63) is 88.1 Å². The number of hydrogen-bond acceptors (Lipinski definition) is 7. The molecule has 174 valence electrons. The number of nitroso groups, excluding NO2 is 1. The number of aryl methyl sites for hydroxylation is 1. The summed E-state index contributed by atoms with van der Waals surface area (Å²) in [7, 11) is 1.64. The molecular weight excluding hydrogens is 437 g/mol. The fourth-order valence-corrected chi connectivity index (χ4v) is 4.55. The molecule has 3 aromatic rings. The first-order chi connectivity index (χ1) is 16.5. The van der Waals surface area contributed by atoms with E-state index in [2.05, 4.69) is 21.4 Å². The topological polar surface area (TPSA) is 81.3 Å². The number of ether oxygens (including phenoxy) is 1. The molecule has 2 aromatic carbocycles. The van der Waals surface area contributed by atoms with Crippen LogP contribution < -0.4 is 4.74 Å². The van der Waals surface area contributed by atoms with E-state index >= 15 is 0 Å². The average Bonchev–Trinajstić information content (AvgIpc) is 3.45. The standard InChI is InChI=1S/C25H24FN5O3/c1-17-14-30(16-27-17)22-10-5-18(13-23(22)33-2)12-19-4-3-11-31-24(19)29-34-25(31,15-28-32)20-6-8-21(26)9-7-20/h5-10,12-14,16H,3-4,11,15H2,1-2H3/t25-/m1/s1. The Labute approximate surface area is 196 Å². The molecule has 1 fully saturated rings. The number of amidine groups is 1. The second-order valence-corrected chi connectivity index (χ2v) is 8.36. The Kier molecular flexibility index (Phi) is 5.61. The van der Waals surface area contributed by atoms with E-state index < -0.39 is 5.72 Å². The lowest BCUT2D eigenvalue weighted by Crippen LogP contribution is -2.50. The van der Waals surface area contributed by atoms with Gasteiger partial charge in [-0.15, -0.1) is 0 Å². The first-order valence-electron chi connectivity index (χ1n) is 11.0. The van der Waals surface area contributed by atoms with Crippen LogP contribution in [0.2, 0.25) is 0 Å². The van der Waals surface area contributed by atoms with Crippen LogP contribution in [0, 0.1) is 17.6 Å².